The molecule has 1 aliphatic carbocycles. The van der Waals surface area contributed by atoms with Gasteiger partial charge in [0.05, 0.1) is 5.92 Å². The number of benzene rings is 1. The molecule has 0 aromatic heterocycles. The average Bonchev–Trinajstić information content (AvgIpc) is 3.10. The lowest BCUT2D eigenvalue weighted by Crippen LogP contribution is -2.35. The lowest BCUT2D eigenvalue weighted by atomic mass is 10.1. The Hall–Kier alpha value is -1.11. The summed E-state index contributed by atoms with van der Waals surface area (Å²) in [6.45, 7) is 0.583. The van der Waals surface area contributed by atoms with Crippen LogP contribution in [0.25, 0.3) is 0 Å². The molecule has 1 atom stereocenters. The molecular formula is C16H19IN2O2. The van der Waals surface area contributed by atoms with Crippen LogP contribution in [0.5, 0.6) is 0 Å². The van der Waals surface area contributed by atoms with Crippen molar-refractivity contribution in [1.82, 2.24) is 4.90 Å². The number of nitrogens with zero attached hydrogens (tertiary/aromatic N) is 1. The Kier molecular flexibility index (Phi) is 4.47. The van der Waals surface area contributed by atoms with Crippen molar-refractivity contribution >= 4 is 40.1 Å². The van der Waals surface area contributed by atoms with Gasteiger partial charge in [0.15, 0.2) is 0 Å². The van der Waals surface area contributed by atoms with Crippen molar-refractivity contribution in [3.63, 3.8) is 0 Å². The Balaban J connectivity index is 1.60. The van der Waals surface area contributed by atoms with Gasteiger partial charge < -0.3 is 10.2 Å². The Morgan fingerprint density at radius 3 is 2.52 bits per heavy atom. The van der Waals surface area contributed by atoms with Crippen LogP contribution in [0.2, 0.25) is 0 Å². The molecule has 1 N–H and O–H groups in total. The van der Waals surface area contributed by atoms with E-state index in [0.717, 1.165) is 22.1 Å². The second-order valence-corrected chi connectivity index (χ2v) is 7.13. The van der Waals surface area contributed by atoms with Gasteiger partial charge in [-0.3, -0.25) is 9.59 Å². The SMILES string of the molecule is O=C(Nc1ccc(I)cc1)[C@@H]1CC(=O)N(C2CCCC2)C1. The van der Waals surface area contributed by atoms with Gasteiger partial charge in [-0.15, -0.1) is 0 Å². The minimum absolute atomic E-state index is 0.0370. The average molecular weight is 398 g/mol. The summed E-state index contributed by atoms with van der Waals surface area (Å²) in [7, 11) is 0. The van der Waals surface area contributed by atoms with Crippen molar-refractivity contribution in [2.45, 2.75) is 38.1 Å². The van der Waals surface area contributed by atoms with Gasteiger partial charge in [-0.25, -0.2) is 0 Å². The normalized spacial score (nSPS) is 22.8. The maximum absolute atomic E-state index is 12.3. The van der Waals surface area contributed by atoms with Crippen LogP contribution in [0, 0.1) is 9.49 Å². The first kappa shape index (κ1) is 14.8. The molecular weight excluding hydrogens is 379 g/mol. The molecule has 3 rings (SSSR count). The lowest BCUT2D eigenvalue weighted by molar-refractivity contribution is -0.129. The summed E-state index contributed by atoms with van der Waals surface area (Å²) in [5, 5.41) is 2.92. The summed E-state index contributed by atoms with van der Waals surface area (Å²) in [5.74, 6) is -0.105. The number of rotatable bonds is 3. The number of likely N-dealkylation sites (tertiary alicyclic amines) is 1. The van der Waals surface area contributed by atoms with Crippen molar-refractivity contribution in [2.75, 3.05) is 11.9 Å². The van der Waals surface area contributed by atoms with E-state index in [-0.39, 0.29) is 17.7 Å². The predicted octanol–water partition coefficient (Wildman–Crippen LogP) is 3.02. The van der Waals surface area contributed by atoms with E-state index in [2.05, 4.69) is 27.9 Å². The Morgan fingerprint density at radius 1 is 1.19 bits per heavy atom. The zero-order valence-corrected chi connectivity index (χ0v) is 14.0. The molecule has 1 aliphatic heterocycles. The highest BCUT2D eigenvalue weighted by atomic mass is 127. The second kappa shape index (κ2) is 6.34. The Labute approximate surface area is 138 Å². The number of hydrogen-bond donors (Lipinski definition) is 1. The molecule has 1 aromatic rings. The van der Waals surface area contributed by atoms with Gasteiger partial charge in [-0.05, 0) is 59.7 Å². The molecule has 1 saturated heterocycles. The van der Waals surface area contributed by atoms with Crippen molar-refractivity contribution in [3.05, 3.63) is 27.8 Å². The van der Waals surface area contributed by atoms with Gasteiger partial charge in [-0.2, -0.15) is 0 Å². The summed E-state index contributed by atoms with van der Waals surface area (Å²) in [5.41, 5.74) is 0.798. The first-order valence-corrected chi connectivity index (χ1v) is 8.57. The fourth-order valence-electron chi connectivity index (χ4n) is 3.25. The van der Waals surface area contributed by atoms with E-state index in [1.54, 1.807) is 0 Å². The number of carbonyl (C=O) groups excluding carboxylic acids is 2. The van der Waals surface area contributed by atoms with Gasteiger partial charge >= 0.3 is 0 Å². The van der Waals surface area contributed by atoms with E-state index in [4.69, 9.17) is 0 Å². The topological polar surface area (TPSA) is 49.4 Å². The molecule has 1 aromatic carbocycles. The van der Waals surface area contributed by atoms with E-state index < -0.39 is 0 Å². The van der Waals surface area contributed by atoms with Crippen LogP contribution in [0.3, 0.4) is 0 Å². The molecule has 2 aliphatic rings. The van der Waals surface area contributed by atoms with Crippen LogP contribution in [0.15, 0.2) is 24.3 Å². The number of nitrogens with one attached hydrogen (secondary N) is 1. The van der Waals surface area contributed by atoms with Crippen LogP contribution in [0.4, 0.5) is 5.69 Å². The second-order valence-electron chi connectivity index (χ2n) is 5.88. The highest BCUT2D eigenvalue weighted by Gasteiger charge is 2.38. The molecule has 0 spiro atoms. The third-order valence-electron chi connectivity index (χ3n) is 4.41. The number of amides is 2. The molecule has 112 valence electrons. The van der Waals surface area contributed by atoms with Crippen molar-refractivity contribution in [3.8, 4) is 0 Å². The van der Waals surface area contributed by atoms with Crippen molar-refractivity contribution in [2.24, 2.45) is 5.92 Å². The molecule has 0 bridgehead atoms. The van der Waals surface area contributed by atoms with Crippen LogP contribution < -0.4 is 5.32 Å². The van der Waals surface area contributed by atoms with Gasteiger partial charge in [0.2, 0.25) is 11.8 Å². The maximum Gasteiger partial charge on any atom is 0.229 e. The summed E-state index contributed by atoms with van der Waals surface area (Å²) in [4.78, 5) is 26.4. The molecule has 2 fully saturated rings. The van der Waals surface area contributed by atoms with Crippen molar-refractivity contribution in [1.29, 1.82) is 0 Å². The van der Waals surface area contributed by atoms with E-state index in [1.807, 2.05) is 29.2 Å². The first-order chi connectivity index (χ1) is 10.1. The van der Waals surface area contributed by atoms with E-state index >= 15 is 0 Å². The molecule has 21 heavy (non-hydrogen) atoms. The summed E-state index contributed by atoms with van der Waals surface area (Å²) in [6, 6.07) is 8.08. The molecule has 1 heterocycles. The Morgan fingerprint density at radius 2 is 1.86 bits per heavy atom. The zero-order valence-electron chi connectivity index (χ0n) is 11.8. The molecule has 0 unspecified atom stereocenters. The summed E-state index contributed by atoms with van der Waals surface area (Å²) in [6.07, 6.45) is 4.95. The molecule has 5 heteroatoms. The van der Waals surface area contributed by atoms with Gasteiger partial charge in [-0.1, -0.05) is 12.8 Å². The number of carbonyl (C=O) groups is 2. The third-order valence-corrected chi connectivity index (χ3v) is 5.13. The molecule has 1 saturated carbocycles. The molecule has 4 nitrogen and oxygen atoms in total. The van der Waals surface area contributed by atoms with Gasteiger partial charge in [0.1, 0.15) is 0 Å². The fourth-order valence-corrected chi connectivity index (χ4v) is 3.61. The highest BCUT2D eigenvalue weighted by molar-refractivity contribution is 14.1. The van der Waals surface area contributed by atoms with Gasteiger partial charge in [0.25, 0.3) is 0 Å². The third kappa shape index (κ3) is 3.39. The van der Waals surface area contributed by atoms with E-state index in [0.29, 0.717) is 19.0 Å². The number of hydrogen-bond acceptors (Lipinski definition) is 2. The first-order valence-electron chi connectivity index (χ1n) is 7.49. The predicted molar refractivity (Wildman–Crippen MR) is 89.9 cm³/mol. The number of halogens is 1. The fraction of sp³-hybridized carbons (Fsp3) is 0.500. The van der Waals surface area contributed by atoms with Crippen LogP contribution in [-0.2, 0) is 9.59 Å². The maximum atomic E-state index is 12.3. The van der Waals surface area contributed by atoms with Crippen LogP contribution in [-0.4, -0.2) is 29.3 Å². The van der Waals surface area contributed by atoms with Crippen molar-refractivity contribution < 1.29 is 9.59 Å². The summed E-state index contributed by atoms with van der Waals surface area (Å²) >= 11 is 2.23. The lowest BCUT2D eigenvalue weighted by Gasteiger charge is -2.23. The van der Waals surface area contributed by atoms with E-state index in [9.17, 15) is 9.59 Å². The van der Waals surface area contributed by atoms with Gasteiger partial charge in [0, 0.05) is 28.3 Å². The minimum atomic E-state index is -0.211. The Bertz CT molecular complexity index is 538. The monoisotopic (exact) mass is 398 g/mol. The smallest absolute Gasteiger partial charge is 0.229 e. The summed E-state index contributed by atoms with van der Waals surface area (Å²) < 4.78 is 1.13. The minimum Gasteiger partial charge on any atom is -0.339 e. The van der Waals surface area contributed by atoms with Crippen LogP contribution >= 0.6 is 22.6 Å². The molecule has 0 radical (unpaired) electrons. The van der Waals surface area contributed by atoms with E-state index in [1.165, 1.54) is 12.8 Å². The van der Waals surface area contributed by atoms with Crippen LogP contribution in [0.1, 0.15) is 32.1 Å². The molecule has 2 amide bonds. The standard InChI is InChI=1S/C16H19IN2O2/c17-12-5-7-13(8-6-12)18-16(21)11-9-15(20)19(10-11)14-3-1-2-4-14/h5-8,11,14H,1-4,9-10H2,(H,18,21)/t11-/m1/s1. The largest absolute Gasteiger partial charge is 0.339 e. The quantitative estimate of drug-likeness (QED) is 0.796. The number of anilines is 1. The highest BCUT2D eigenvalue weighted by Crippen LogP contribution is 2.30. The zero-order chi connectivity index (χ0) is 14.8.